The summed E-state index contributed by atoms with van der Waals surface area (Å²) in [5, 5.41) is 18.6. The van der Waals surface area contributed by atoms with Crippen molar-refractivity contribution in [2.24, 2.45) is 5.73 Å². The Bertz CT molecular complexity index is 858. The lowest BCUT2D eigenvalue weighted by Gasteiger charge is -2.43. The van der Waals surface area contributed by atoms with E-state index in [1.165, 1.54) is 4.31 Å². The molecule has 2 atom stereocenters. The summed E-state index contributed by atoms with van der Waals surface area (Å²) >= 11 is 0. The Morgan fingerprint density at radius 3 is 2.34 bits per heavy atom. The number of ether oxygens (including phenoxy) is 1. The minimum absolute atomic E-state index is 0.0452. The van der Waals surface area contributed by atoms with Crippen molar-refractivity contribution in [1.82, 2.24) is 14.2 Å². The van der Waals surface area contributed by atoms with E-state index < -0.39 is 39.4 Å². The van der Waals surface area contributed by atoms with Gasteiger partial charge in [0.15, 0.2) is 5.60 Å². The standard InChI is InChI=1S/C17H24N4O7S/c18-16(24)20-8-5-14(17(25,11-20)15(22)23)29(26,27)21-9-3-13(4-10-21)28-12-1-6-19-7-2-12/h1-2,6-7,13-14,25H,3-5,8-11H2,(H2,18,24)(H,22,23). The zero-order chi connectivity index (χ0) is 21.2. The Morgan fingerprint density at radius 1 is 1.17 bits per heavy atom. The van der Waals surface area contributed by atoms with E-state index in [1.807, 2.05) is 0 Å². The molecule has 2 unspecified atom stereocenters. The number of piperidine rings is 2. The third kappa shape index (κ3) is 4.28. The van der Waals surface area contributed by atoms with Crippen LogP contribution in [0.3, 0.4) is 0 Å². The third-order valence-electron chi connectivity index (χ3n) is 5.38. The Labute approximate surface area is 168 Å². The number of pyridine rings is 1. The van der Waals surface area contributed by atoms with Crippen molar-refractivity contribution >= 4 is 22.0 Å². The van der Waals surface area contributed by atoms with Crippen LogP contribution in [0, 0.1) is 0 Å². The number of β-amino-alcohol motifs (C(OH)–C–C–N with tert-alkyl or cyclic N) is 1. The number of carbonyl (C=O) groups is 2. The Morgan fingerprint density at radius 2 is 1.79 bits per heavy atom. The number of sulfonamides is 1. The average Bonchev–Trinajstić information content (AvgIpc) is 2.68. The summed E-state index contributed by atoms with van der Waals surface area (Å²) in [6, 6.07) is 2.51. The summed E-state index contributed by atoms with van der Waals surface area (Å²) in [6.07, 6.45) is 3.64. The first-order valence-electron chi connectivity index (χ1n) is 9.20. The molecule has 0 radical (unpaired) electrons. The lowest BCUT2D eigenvalue weighted by Crippen LogP contribution is -2.67. The first-order chi connectivity index (χ1) is 13.6. The number of aliphatic hydroxyl groups is 1. The van der Waals surface area contributed by atoms with Gasteiger partial charge in [0.2, 0.25) is 10.0 Å². The zero-order valence-corrected chi connectivity index (χ0v) is 16.5. The number of carbonyl (C=O) groups excluding carboxylic acids is 1. The molecule has 0 aromatic carbocycles. The summed E-state index contributed by atoms with van der Waals surface area (Å²) < 4.78 is 33.3. The molecule has 11 nitrogen and oxygen atoms in total. The maximum atomic E-state index is 13.1. The molecule has 1 aromatic heterocycles. The summed E-state index contributed by atoms with van der Waals surface area (Å²) in [5.74, 6) is -1.06. The fourth-order valence-electron chi connectivity index (χ4n) is 3.77. The molecule has 4 N–H and O–H groups in total. The van der Waals surface area contributed by atoms with Crippen molar-refractivity contribution in [1.29, 1.82) is 0 Å². The van der Waals surface area contributed by atoms with Crippen LogP contribution >= 0.6 is 0 Å². The number of nitrogens with zero attached hydrogens (tertiary/aromatic N) is 3. The number of carboxylic acids is 1. The van der Waals surface area contributed by atoms with Gasteiger partial charge in [-0.15, -0.1) is 0 Å². The topological polar surface area (TPSA) is 163 Å². The van der Waals surface area contributed by atoms with Crippen LogP contribution in [0.25, 0.3) is 0 Å². The van der Waals surface area contributed by atoms with Gasteiger partial charge in [-0.2, -0.15) is 0 Å². The molecule has 160 valence electrons. The number of aliphatic carboxylic acids is 1. The number of primary amides is 1. The van der Waals surface area contributed by atoms with Crippen LogP contribution in [-0.2, 0) is 14.8 Å². The number of rotatable bonds is 5. The number of amides is 2. The minimum atomic E-state index is -4.12. The van der Waals surface area contributed by atoms with E-state index in [2.05, 4.69) is 4.98 Å². The van der Waals surface area contributed by atoms with Gasteiger partial charge in [0, 0.05) is 32.0 Å². The van der Waals surface area contributed by atoms with Crippen LogP contribution in [0.4, 0.5) is 4.79 Å². The molecule has 2 aliphatic heterocycles. The smallest absolute Gasteiger partial charge is 0.339 e. The van der Waals surface area contributed by atoms with Crippen molar-refractivity contribution in [3.63, 3.8) is 0 Å². The number of hydrogen-bond donors (Lipinski definition) is 3. The molecular formula is C17H24N4O7S. The highest BCUT2D eigenvalue weighted by molar-refractivity contribution is 7.89. The second kappa shape index (κ2) is 8.13. The van der Waals surface area contributed by atoms with Crippen molar-refractivity contribution in [2.75, 3.05) is 26.2 Å². The Kier molecular flexibility index (Phi) is 5.96. The summed E-state index contributed by atoms with van der Waals surface area (Å²) in [7, 11) is -4.12. The minimum Gasteiger partial charge on any atom is -0.490 e. The number of carboxylic acid groups (broad SMARTS) is 1. The molecule has 3 rings (SSSR count). The van der Waals surface area contributed by atoms with Crippen LogP contribution in [-0.4, -0.2) is 88.0 Å². The predicted molar refractivity (Wildman–Crippen MR) is 101 cm³/mol. The van der Waals surface area contributed by atoms with E-state index in [0.29, 0.717) is 18.6 Å². The van der Waals surface area contributed by atoms with Crippen LogP contribution in [0.2, 0.25) is 0 Å². The van der Waals surface area contributed by atoms with Gasteiger partial charge in [0.05, 0.1) is 6.54 Å². The van der Waals surface area contributed by atoms with E-state index in [9.17, 15) is 28.2 Å². The highest BCUT2D eigenvalue weighted by Crippen LogP contribution is 2.32. The molecule has 12 heteroatoms. The first kappa shape index (κ1) is 21.3. The van der Waals surface area contributed by atoms with Crippen molar-refractivity contribution in [3.8, 4) is 5.75 Å². The number of likely N-dealkylation sites (tertiary alicyclic amines) is 1. The van der Waals surface area contributed by atoms with E-state index in [0.717, 1.165) is 4.90 Å². The normalized spacial score (nSPS) is 26.8. The Hall–Kier alpha value is -2.44. The molecule has 2 amide bonds. The van der Waals surface area contributed by atoms with Gasteiger partial charge in [-0.05, 0) is 31.4 Å². The van der Waals surface area contributed by atoms with E-state index in [-0.39, 0.29) is 32.2 Å². The van der Waals surface area contributed by atoms with Gasteiger partial charge in [0.25, 0.3) is 0 Å². The van der Waals surface area contributed by atoms with Crippen molar-refractivity contribution in [3.05, 3.63) is 24.5 Å². The number of urea groups is 1. The molecule has 1 aromatic rings. The van der Waals surface area contributed by atoms with Gasteiger partial charge in [-0.3, -0.25) is 4.98 Å². The summed E-state index contributed by atoms with van der Waals surface area (Å²) in [4.78, 5) is 27.9. The quantitative estimate of drug-likeness (QED) is 0.550. The lowest BCUT2D eigenvalue weighted by molar-refractivity contribution is -0.162. The van der Waals surface area contributed by atoms with Crippen molar-refractivity contribution in [2.45, 2.75) is 36.2 Å². The maximum absolute atomic E-state index is 13.1. The van der Waals surface area contributed by atoms with Crippen LogP contribution in [0.1, 0.15) is 19.3 Å². The zero-order valence-electron chi connectivity index (χ0n) is 15.7. The van der Waals surface area contributed by atoms with Gasteiger partial charge >= 0.3 is 12.0 Å². The molecule has 0 spiro atoms. The van der Waals surface area contributed by atoms with Crippen molar-refractivity contribution < 1.29 is 33.0 Å². The van der Waals surface area contributed by atoms with Crippen LogP contribution < -0.4 is 10.5 Å². The lowest BCUT2D eigenvalue weighted by atomic mass is 9.92. The number of aromatic nitrogens is 1. The molecule has 2 saturated heterocycles. The monoisotopic (exact) mass is 428 g/mol. The molecule has 2 fully saturated rings. The number of hydrogen-bond acceptors (Lipinski definition) is 7. The summed E-state index contributed by atoms with van der Waals surface area (Å²) in [5.41, 5.74) is 2.54. The fraction of sp³-hybridized carbons (Fsp3) is 0.588. The highest BCUT2D eigenvalue weighted by atomic mass is 32.2. The van der Waals surface area contributed by atoms with Crippen LogP contribution in [0.5, 0.6) is 5.75 Å². The average molecular weight is 428 g/mol. The van der Waals surface area contributed by atoms with E-state index in [4.69, 9.17) is 10.5 Å². The SMILES string of the molecule is NC(=O)N1CCC(S(=O)(=O)N2CCC(Oc3ccncc3)CC2)C(O)(C(=O)O)C1. The highest BCUT2D eigenvalue weighted by Gasteiger charge is 2.56. The molecule has 2 aliphatic rings. The third-order valence-corrected chi connectivity index (χ3v) is 7.81. The largest absolute Gasteiger partial charge is 0.490 e. The van der Waals surface area contributed by atoms with Crippen LogP contribution in [0.15, 0.2) is 24.5 Å². The predicted octanol–water partition coefficient (Wildman–Crippen LogP) is -0.777. The van der Waals surface area contributed by atoms with Gasteiger partial charge in [-0.1, -0.05) is 0 Å². The fourth-order valence-corrected chi connectivity index (χ4v) is 5.92. The number of nitrogens with two attached hydrogens (primary N) is 1. The molecule has 0 saturated carbocycles. The van der Waals surface area contributed by atoms with E-state index >= 15 is 0 Å². The second-order valence-electron chi connectivity index (χ2n) is 7.21. The first-order valence-corrected chi connectivity index (χ1v) is 10.7. The molecule has 3 heterocycles. The van der Waals surface area contributed by atoms with E-state index in [1.54, 1.807) is 24.5 Å². The Balaban J connectivity index is 1.70. The molecule has 0 aliphatic carbocycles. The van der Waals surface area contributed by atoms with Gasteiger partial charge < -0.3 is 25.6 Å². The van der Waals surface area contributed by atoms with Gasteiger partial charge in [0.1, 0.15) is 17.1 Å². The molecule has 29 heavy (non-hydrogen) atoms. The van der Waals surface area contributed by atoms with Gasteiger partial charge in [-0.25, -0.2) is 22.3 Å². The molecular weight excluding hydrogens is 404 g/mol. The summed E-state index contributed by atoms with van der Waals surface area (Å²) in [6.45, 7) is -0.437. The second-order valence-corrected chi connectivity index (χ2v) is 9.33. The molecule has 0 bridgehead atoms. The maximum Gasteiger partial charge on any atom is 0.339 e.